The van der Waals surface area contributed by atoms with Gasteiger partial charge >= 0.3 is 11.8 Å². The minimum atomic E-state index is -0.987. The van der Waals surface area contributed by atoms with Crippen LogP contribution in [0.2, 0.25) is 0 Å². The molecular weight excluding hydrogens is 256 g/mol. The van der Waals surface area contributed by atoms with Gasteiger partial charge in [-0.3, -0.25) is 9.59 Å². The van der Waals surface area contributed by atoms with Crippen molar-refractivity contribution in [2.24, 2.45) is 0 Å². The molecule has 0 radical (unpaired) electrons. The lowest BCUT2D eigenvalue weighted by molar-refractivity contribution is -0.856. The van der Waals surface area contributed by atoms with Crippen molar-refractivity contribution in [3.05, 3.63) is 29.8 Å². The van der Waals surface area contributed by atoms with Crippen molar-refractivity contribution in [3.8, 4) is 0 Å². The topological polar surface area (TPSA) is 62.6 Å². The molecule has 0 heterocycles. The molecule has 0 unspecified atom stereocenters. The van der Waals surface area contributed by atoms with E-state index in [-0.39, 0.29) is 5.69 Å². The molecule has 0 fully saturated rings. The number of halogens is 2. The quantitative estimate of drug-likeness (QED) is 0.626. The zero-order chi connectivity index (χ0) is 14.4. The van der Waals surface area contributed by atoms with E-state index in [1.54, 1.807) is 0 Å². The molecule has 19 heavy (non-hydrogen) atoms. The summed E-state index contributed by atoms with van der Waals surface area (Å²) < 4.78 is 25.9. The molecule has 5 nitrogen and oxygen atoms in total. The van der Waals surface area contributed by atoms with Crippen molar-refractivity contribution in [1.82, 2.24) is 5.32 Å². The first kappa shape index (κ1) is 15.0. The fourth-order valence-electron chi connectivity index (χ4n) is 1.28. The van der Waals surface area contributed by atoms with Crippen LogP contribution in [0.15, 0.2) is 18.2 Å². The molecule has 0 bridgehead atoms. The number of carbonyl (C=O) groups excluding carboxylic acids is 2. The fourth-order valence-corrected chi connectivity index (χ4v) is 1.28. The van der Waals surface area contributed by atoms with Gasteiger partial charge in [-0.25, -0.2) is 8.78 Å². The molecule has 1 aromatic rings. The molecule has 0 aliphatic rings. The third kappa shape index (κ3) is 5.01. The van der Waals surface area contributed by atoms with Crippen LogP contribution in [0, 0.1) is 11.6 Å². The second-order valence-corrected chi connectivity index (χ2v) is 4.29. The van der Waals surface area contributed by atoms with Gasteiger partial charge in [0.05, 0.1) is 32.9 Å². The number of quaternary nitrogens is 1. The molecule has 7 heteroatoms. The van der Waals surface area contributed by atoms with E-state index in [1.807, 2.05) is 14.1 Å². The summed E-state index contributed by atoms with van der Waals surface area (Å²) in [5.74, 6) is -3.53. The van der Waals surface area contributed by atoms with E-state index in [9.17, 15) is 18.4 Å². The molecule has 0 saturated carbocycles. The summed E-state index contributed by atoms with van der Waals surface area (Å²) in [6, 6.07) is 2.68. The van der Waals surface area contributed by atoms with E-state index in [2.05, 4.69) is 10.6 Å². The molecule has 0 aliphatic heterocycles. The lowest BCUT2D eigenvalue weighted by atomic mass is 10.3. The molecule has 0 saturated heterocycles. The third-order valence-electron chi connectivity index (χ3n) is 2.30. The van der Waals surface area contributed by atoms with E-state index < -0.39 is 23.4 Å². The van der Waals surface area contributed by atoms with Gasteiger partial charge in [0.25, 0.3) is 0 Å². The SMILES string of the molecule is C[NH+](C)CCNC(=O)C(=O)Nc1ccc(F)cc1F. The van der Waals surface area contributed by atoms with Crippen LogP contribution in [0.25, 0.3) is 0 Å². The molecule has 0 atom stereocenters. The van der Waals surface area contributed by atoms with Crippen LogP contribution in [0.5, 0.6) is 0 Å². The maximum absolute atomic E-state index is 13.2. The van der Waals surface area contributed by atoms with E-state index in [1.165, 1.54) is 0 Å². The average molecular weight is 272 g/mol. The summed E-state index contributed by atoms with van der Waals surface area (Å²) in [4.78, 5) is 23.9. The van der Waals surface area contributed by atoms with Gasteiger partial charge in [0, 0.05) is 6.07 Å². The number of carbonyl (C=O) groups is 2. The smallest absolute Gasteiger partial charge is 0.313 e. The second kappa shape index (κ2) is 6.79. The maximum Gasteiger partial charge on any atom is 0.313 e. The standard InChI is InChI=1S/C12H15F2N3O2/c1-17(2)6-5-15-11(18)12(19)16-10-4-3-8(13)7-9(10)14/h3-4,7H,5-6H2,1-2H3,(H,15,18)(H,16,19)/p+1. The number of hydrogen-bond acceptors (Lipinski definition) is 2. The first-order valence-electron chi connectivity index (χ1n) is 5.73. The molecule has 2 amide bonds. The molecule has 104 valence electrons. The Bertz CT molecular complexity index is 478. The van der Waals surface area contributed by atoms with Crippen LogP contribution >= 0.6 is 0 Å². The Hall–Kier alpha value is -2.02. The van der Waals surface area contributed by atoms with Gasteiger partial charge in [-0.1, -0.05) is 0 Å². The molecule has 0 aliphatic carbocycles. The second-order valence-electron chi connectivity index (χ2n) is 4.29. The molecule has 3 N–H and O–H groups in total. The Labute approximate surface area is 109 Å². The third-order valence-corrected chi connectivity index (χ3v) is 2.30. The Morgan fingerprint density at radius 3 is 2.47 bits per heavy atom. The number of rotatable bonds is 4. The average Bonchev–Trinajstić information content (AvgIpc) is 2.32. The highest BCUT2D eigenvalue weighted by Gasteiger charge is 2.15. The van der Waals surface area contributed by atoms with Crippen molar-refractivity contribution in [2.45, 2.75) is 0 Å². The Morgan fingerprint density at radius 1 is 1.21 bits per heavy atom. The maximum atomic E-state index is 13.2. The van der Waals surface area contributed by atoms with Gasteiger partial charge in [-0.05, 0) is 12.1 Å². The monoisotopic (exact) mass is 272 g/mol. The van der Waals surface area contributed by atoms with Crippen LogP contribution in [0.3, 0.4) is 0 Å². The van der Waals surface area contributed by atoms with Crippen molar-refractivity contribution in [2.75, 3.05) is 32.5 Å². The molecule has 1 aromatic carbocycles. The summed E-state index contributed by atoms with van der Waals surface area (Å²) in [7, 11) is 3.81. The van der Waals surface area contributed by atoms with Crippen LogP contribution in [-0.4, -0.2) is 39.0 Å². The van der Waals surface area contributed by atoms with Crippen LogP contribution in [0.4, 0.5) is 14.5 Å². The van der Waals surface area contributed by atoms with Gasteiger partial charge in [0.1, 0.15) is 11.6 Å². The minimum Gasteiger partial charge on any atom is -0.342 e. The summed E-state index contributed by atoms with van der Waals surface area (Å²) in [5.41, 5.74) is -0.236. The van der Waals surface area contributed by atoms with E-state index >= 15 is 0 Å². The highest BCUT2D eigenvalue weighted by Crippen LogP contribution is 2.14. The van der Waals surface area contributed by atoms with E-state index in [0.29, 0.717) is 19.2 Å². The van der Waals surface area contributed by atoms with Crippen molar-refractivity contribution in [1.29, 1.82) is 0 Å². The number of likely N-dealkylation sites (N-methyl/N-ethyl adjacent to an activating group) is 1. The first-order chi connectivity index (χ1) is 8.90. The van der Waals surface area contributed by atoms with Crippen LogP contribution < -0.4 is 15.5 Å². The zero-order valence-corrected chi connectivity index (χ0v) is 10.7. The number of benzene rings is 1. The number of anilines is 1. The van der Waals surface area contributed by atoms with Gasteiger partial charge < -0.3 is 15.5 Å². The highest BCUT2D eigenvalue weighted by atomic mass is 19.1. The summed E-state index contributed by atoms with van der Waals surface area (Å²) in [6.45, 7) is 0.990. The van der Waals surface area contributed by atoms with Crippen LogP contribution in [0.1, 0.15) is 0 Å². The highest BCUT2D eigenvalue weighted by molar-refractivity contribution is 6.39. The van der Waals surface area contributed by atoms with Gasteiger partial charge in [-0.2, -0.15) is 0 Å². The summed E-state index contributed by atoms with van der Waals surface area (Å²) in [6.07, 6.45) is 0. The first-order valence-corrected chi connectivity index (χ1v) is 5.73. The van der Waals surface area contributed by atoms with Gasteiger partial charge in [0.2, 0.25) is 0 Å². The van der Waals surface area contributed by atoms with Gasteiger partial charge in [-0.15, -0.1) is 0 Å². The van der Waals surface area contributed by atoms with E-state index in [0.717, 1.165) is 17.0 Å². The number of amides is 2. The largest absolute Gasteiger partial charge is 0.342 e. The Balaban J connectivity index is 2.52. The lowest BCUT2D eigenvalue weighted by Gasteiger charge is -2.09. The van der Waals surface area contributed by atoms with Crippen LogP contribution in [-0.2, 0) is 9.59 Å². The predicted molar refractivity (Wildman–Crippen MR) is 65.7 cm³/mol. The zero-order valence-electron chi connectivity index (χ0n) is 10.7. The Morgan fingerprint density at radius 2 is 1.89 bits per heavy atom. The number of hydrogen-bond donors (Lipinski definition) is 3. The molecule has 1 rings (SSSR count). The van der Waals surface area contributed by atoms with Crippen molar-refractivity contribution in [3.63, 3.8) is 0 Å². The van der Waals surface area contributed by atoms with E-state index in [4.69, 9.17) is 0 Å². The van der Waals surface area contributed by atoms with Crippen molar-refractivity contribution < 1.29 is 23.3 Å². The fraction of sp³-hybridized carbons (Fsp3) is 0.333. The molecule has 0 spiro atoms. The summed E-state index contributed by atoms with van der Waals surface area (Å²) >= 11 is 0. The molecular formula is C12H16F2N3O2+. The van der Waals surface area contributed by atoms with Crippen molar-refractivity contribution >= 4 is 17.5 Å². The normalized spacial score (nSPS) is 10.4. The predicted octanol–water partition coefficient (Wildman–Crippen LogP) is -0.836. The number of nitrogens with one attached hydrogen (secondary N) is 3. The lowest BCUT2D eigenvalue weighted by Crippen LogP contribution is -3.06. The molecule has 0 aromatic heterocycles. The summed E-state index contributed by atoms with van der Waals surface area (Å²) in [5, 5.41) is 4.47. The van der Waals surface area contributed by atoms with Gasteiger partial charge in [0.15, 0.2) is 0 Å². The Kier molecular flexibility index (Phi) is 5.37. The minimum absolute atomic E-state index is 0.236.